The second kappa shape index (κ2) is 6.48. The fourth-order valence-corrected chi connectivity index (χ4v) is 4.12. The SMILES string of the molecule is NS(=O)(=O)c1ccc(CNC(=O)c2cc(Cl)nc3ccccc23)s1. The van der Waals surface area contributed by atoms with Gasteiger partial charge in [-0.1, -0.05) is 29.8 Å². The van der Waals surface area contributed by atoms with Crippen molar-refractivity contribution in [2.24, 2.45) is 5.14 Å². The molecule has 0 spiro atoms. The summed E-state index contributed by atoms with van der Waals surface area (Å²) in [6, 6.07) is 11.7. The van der Waals surface area contributed by atoms with E-state index in [2.05, 4.69) is 10.3 Å². The number of carbonyl (C=O) groups excluding carboxylic acids is 1. The first kappa shape index (κ1) is 16.8. The molecule has 24 heavy (non-hydrogen) atoms. The number of rotatable bonds is 4. The van der Waals surface area contributed by atoms with Crippen LogP contribution in [0.1, 0.15) is 15.2 Å². The van der Waals surface area contributed by atoms with Crippen molar-refractivity contribution in [2.75, 3.05) is 0 Å². The maximum Gasteiger partial charge on any atom is 0.252 e. The number of aromatic nitrogens is 1. The minimum Gasteiger partial charge on any atom is -0.347 e. The van der Waals surface area contributed by atoms with Gasteiger partial charge in [-0.25, -0.2) is 18.5 Å². The molecule has 3 aromatic rings. The second-order valence-electron chi connectivity index (χ2n) is 4.96. The molecular weight excluding hydrogens is 370 g/mol. The van der Waals surface area contributed by atoms with Crippen LogP contribution in [0.3, 0.4) is 0 Å². The van der Waals surface area contributed by atoms with E-state index in [1.54, 1.807) is 18.2 Å². The van der Waals surface area contributed by atoms with Gasteiger partial charge in [0.15, 0.2) is 0 Å². The van der Waals surface area contributed by atoms with E-state index in [0.717, 1.165) is 11.3 Å². The van der Waals surface area contributed by atoms with Crippen LogP contribution in [0.5, 0.6) is 0 Å². The molecule has 0 fully saturated rings. The molecule has 0 aliphatic rings. The third-order valence-corrected chi connectivity index (χ3v) is 5.99. The van der Waals surface area contributed by atoms with E-state index in [9.17, 15) is 13.2 Å². The third-order valence-electron chi connectivity index (χ3n) is 3.27. The highest BCUT2D eigenvalue weighted by Crippen LogP contribution is 2.22. The summed E-state index contributed by atoms with van der Waals surface area (Å²) in [5, 5.41) is 8.74. The topological polar surface area (TPSA) is 102 Å². The van der Waals surface area contributed by atoms with Gasteiger partial charge in [0, 0.05) is 10.3 Å². The summed E-state index contributed by atoms with van der Waals surface area (Å²) >= 11 is 6.99. The number of nitrogens with two attached hydrogens (primary N) is 1. The van der Waals surface area contributed by atoms with Crippen LogP contribution in [-0.4, -0.2) is 19.3 Å². The number of benzene rings is 1. The van der Waals surface area contributed by atoms with Crippen molar-refractivity contribution in [2.45, 2.75) is 10.8 Å². The fraction of sp³-hybridized carbons (Fsp3) is 0.0667. The molecule has 2 heterocycles. The first-order chi connectivity index (χ1) is 11.3. The van der Waals surface area contributed by atoms with Gasteiger partial charge < -0.3 is 5.32 Å². The number of primary sulfonamides is 1. The minimum absolute atomic E-state index is 0.0594. The number of fused-ring (bicyclic) bond motifs is 1. The lowest BCUT2D eigenvalue weighted by molar-refractivity contribution is 0.0953. The summed E-state index contributed by atoms with van der Waals surface area (Å²) < 4.78 is 22.6. The molecule has 1 amide bonds. The van der Waals surface area contributed by atoms with Crippen LogP contribution in [0.4, 0.5) is 0 Å². The third kappa shape index (κ3) is 3.57. The number of nitrogens with one attached hydrogen (secondary N) is 1. The molecule has 0 aliphatic carbocycles. The van der Waals surface area contributed by atoms with Crippen LogP contribution in [0.25, 0.3) is 10.9 Å². The molecule has 1 aromatic carbocycles. The lowest BCUT2D eigenvalue weighted by atomic mass is 10.1. The van der Waals surface area contributed by atoms with Gasteiger partial charge in [-0.05, 0) is 24.3 Å². The molecule has 0 unspecified atom stereocenters. The van der Waals surface area contributed by atoms with Crippen LogP contribution < -0.4 is 10.5 Å². The number of carbonyl (C=O) groups is 1. The zero-order valence-electron chi connectivity index (χ0n) is 12.2. The van der Waals surface area contributed by atoms with Gasteiger partial charge in [-0.15, -0.1) is 11.3 Å². The number of amides is 1. The highest BCUT2D eigenvalue weighted by molar-refractivity contribution is 7.91. The summed E-state index contributed by atoms with van der Waals surface area (Å²) in [6.07, 6.45) is 0. The Kier molecular flexibility index (Phi) is 4.55. The number of halogens is 1. The number of hydrogen-bond acceptors (Lipinski definition) is 5. The van der Waals surface area contributed by atoms with E-state index < -0.39 is 10.0 Å². The molecule has 3 N–H and O–H groups in total. The largest absolute Gasteiger partial charge is 0.347 e. The smallest absolute Gasteiger partial charge is 0.252 e. The Labute approximate surface area is 147 Å². The quantitative estimate of drug-likeness (QED) is 0.678. The van der Waals surface area contributed by atoms with Crippen molar-refractivity contribution in [1.82, 2.24) is 10.3 Å². The zero-order chi connectivity index (χ0) is 17.3. The predicted octanol–water partition coefficient (Wildman–Crippen LogP) is 2.53. The molecule has 0 radical (unpaired) electrons. The first-order valence-electron chi connectivity index (χ1n) is 6.79. The van der Waals surface area contributed by atoms with Crippen molar-refractivity contribution in [3.63, 3.8) is 0 Å². The van der Waals surface area contributed by atoms with Gasteiger partial charge in [-0.2, -0.15) is 0 Å². The van der Waals surface area contributed by atoms with Crippen LogP contribution in [0.2, 0.25) is 5.15 Å². The van der Waals surface area contributed by atoms with Crippen molar-refractivity contribution >= 4 is 49.8 Å². The number of pyridine rings is 1. The highest BCUT2D eigenvalue weighted by atomic mass is 35.5. The van der Waals surface area contributed by atoms with Crippen LogP contribution in [-0.2, 0) is 16.6 Å². The minimum atomic E-state index is -3.73. The summed E-state index contributed by atoms with van der Waals surface area (Å²) in [6.45, 7) is 0.188. The average molecular weight is 382 g/mol. The van der Waals surface area contributed by atoms with E-state index >= 15 is 0 Å². The van der Waals surface area contributed by atoms with Crippen molar-refractivity contribution in [1.29, 1.82) is 0 Å². The number of sulfonamides is 1. The second-order valence-corrected chi connectivity index (χ2v) is 8.30. The Morgan fingerprint density at radius 1 is 1.25 bits per heavy atom. The molecule has 2 aromatic heterocycles. The fourth-order valence-electron chi connectivity index (χ4n) is 2.20. The summed E-state index contributed by atoms with van der Waals surface area (Å²) in [7, 11) is -3.73. The maximum absolute atomic E-state index is 12.5. The van der Waals surface area contributed by atoms with Crippen LogP contribution >= 0.6 is 22.9 Å². The Hall–Kier alpha value is -2.00. The molecular formula is C15H12ClN3O3S2. The maximum atomic E-state index is 12.5. The Morgan fingerprint density at radius 2 is 2.00 bits per heavy atom. The molecule has 0 saturated heterocycles. The Bertz CT molecular complexity index is 1030. The van der Waals surface area contributed by atoms with Gasteiger partial charge in [-0.3, -0.25) is 4.79 Å². The van der Waals surface area contributed by atoms with Crippen LogP contribution in [0.15, 0.2) is 46.7 Å². The van der Waals surface area contributed by atoms with E-state index in [0.29, 0.717) is 21.3 Å². The van der Waals surface area contributed by atoms with Gasteiger partial charge >= 0.3 is 0 Å². The van der Waals surface area contributed by atoms with Gasteiger partial charge in [0.25, 0.3) is 5.91 Å². The Morgan fingerprint density at radius 3 is 2.71 bits per heavy atom. The summed E-state index contributed by atoms with van der Waals surface area (Å²) in [5.41, 5.74) is 1.04. The monoisotopic (exact) mass is 381 g/mol. The number of para-hydroxylation sites is 1. The Balaban J connectivity index is 1.82. The average Bonchev–Trinajstić information content (AvgIpc) is 3.01. The van der Waals surface area contributed by atoms with Gasteiger partial charge in [0.1, 0.15) is 9.36 Å². The highest BCUT2D eigenvalue weighted by Gasteiger charge is 2.14. The number of nitrogens with zero attached hydrogens (tertiary/aromatic N) is 1. The van der Waals surface area contributed by atoms with Crippen molar-refractivity contribution in [3.05, 3.63) is 58.1 Å². The molecule has 0 saturated carbocycles. The van der Waals surface area contributed by atoms with Crippen molar-refractivity contribution < 1.29 is 13.2 Å². The lowest BCUT2D eigenvalue weighted by Gasteiger charge is -2.07. The van der Waals surface area contributed by atoms with Crippen LogP contribution in [0, 0.1) is 0 Å². The molecule has 0 bridgehead atoms. The van der Waals surface area contributed by atoms with E-state index in [1.807, 2.05) is 12.1 Å². The lowest BCUT2D eigenvalue weighted by Crippen LogP contribution is -2.22. The predicted molar refractivity (Wildman–Crippen MR) is 93.6 cm³/mol. The molecule has 3 rings (SSSR count). The van der Waals surface area contributed by atoms with Crippen molar-refractivity contribution in [3.8, 4) is 0 Å². The van der Waals surface area contributed by atoms with Gasteiger partial charge in [0.05, 0.1) is 17.6 Å². The van der Waals surface area contributed by atoms with Gasteiger partial charge in [0.2, 0.25) is 10.0 Å². The van der Waals surface area contributed by atoms with E-state index in [4.69, 9.17) is 16.7 Å². The summed E-state index contributed by atoms with van der Waals surface area (Å²) in [5.74, 6) is -0.318. The first-order valence-corrected chi connectivity index (χ1v) is 9.53. The molecule has 124 valence electrons. The molecule has 6 nitrogen and oxygen atoms in total. The molecule has 0 atom stereocenters. The standard InChI is InChI=1S/C15H12ClN3O3S2/c16-13-7-11(10-3-1-2-4-12(10)19-13)15(20)18-8-9-5-6-14(23-9)24(17,21)22/h1-7H,8H2,(H,18,20)(H2,17,21,22). The number of thiophene rings is 1. The number of hydrogen-bond donors (Lipinski definition) is 2. The van der Waals surface area contributed by atoms with E-state index in [-0.39, 0.29) is 21.8 Å². The van der Waals surface area contributed by atoms with E-state index in [1.165, 1.54) is 12.1 Å². The normalized spacial score (nSPS) is 11.6. The molecule has 9 heteroatoms. The molecule has 0 aliphatic heterocycles. The zero-order valence-corrected chi connectivity index (χ0v) is 14.6. The summed E-state index contributed by atoms with van der Waals surface area (Å²) in [4.78, 5) is 17.3.